The molecule has 92 valence electrons. The maximum atomic E-state index is 13.6. The second kappa shape index (κ2) is 4.40. The van der Waals surface area contributed by atoms with Gasteiger partial charge in [-0.15, -0.1) is 0 Å². The third-order valence-electron chi connectivity index (χ3n) is 2.50. The summed E-state index contributed by atoms with van der Waals surface area (Å²) in [5.74, 6) is -0.894. The van der Waals surface area contributed by atoms with E-state index in [0.29, 0.717) is 11.3 Å². The number of aromatic nitrogens is 1. The van der Waals surface area contributed by atoms with Crippen LogP contribution in [0, 0.1) is 22.9 Å². The number of H-pyrrole nitrogens is 1. The first-order valence-corrected chi connectivity index (χ1v) is 5.13. The molecule has 0 aliphatic heterocycles. The first kappa shape index (κ1) is 12.0. The summed E-state index contributed by atoms with van der Waals surface area (Å²) in [5, 5.41) is 10.5. The molecule has 6 heteroatoms. The molecule has 1 N–H and O–H groups in total. The smallest absolute Gasteiger partial charge is 0.284 e. The Bertz CT molecular complexity index is 662. The third kappa shape index (κ3) is 2.13. The van der Waals surface area contributed by atoms with Gasteiger partial charge < -0.3 is 4.98 Å². The van der Waals surface area contributed by atoms with Gasteiger partial charge in [0.05, 0.1) is 4.92 Å². The minimum atomic E-state index is -0.894. The van der Waals surface area contributed by atoms with Gasteiger partial charge in [0.2, 0.25) is 0 Å². The number of aryl methyl sites for hydroxylation is 1. The Kier molecular flexibility index (Phi) is 2.93. The van der Waals surface area contributed by atoms with Crippen molar-refractivity contribution in [1.82, 2.24) is 4.98 Å². The van der Waals surface area contributed by atoms with Gasteiger partial charge in [-0.25, -0.2) is 4.39 Å². The first-order chi connectivity index (χ1) is 8.49. The van der Waals surface area contributed by atoms with Gasteiger partial charge >= 0.3 is 0 Å². The van der Waals surface area contributed by atoms with Crippen molar-refractivity contribution >= 4 is 5.69 Å². The molecule has 0 aliphatic carbocycles. The van der Waals surface area contributed by atoms with Crippen molar-refractivity contribution in [3.8, 4) is 11.1 Å². The molecule has 0 fully saturated rings. The molecule has 0 unspecified atom stereocenters. The van der Waals surface area contributed by atoms with Gasteiger partial charge in [-0.3, -0.25) is 14.9 Å². The summed E-state index contributed by atoms with van der Waals surface area (Å²) in [7, 11) is 0. The van der Waals surface area contributed by atoms with Crippen LogP contribution in [0.4, 0.5) is 10.1 Å². The van der Waals surface area contributed by atoms with Crippen molar-refractivity contribution in [2.24, 2.45) is 0 Å². The summed E-state index contributed by atoms with van der Waals surface area (Å²) in [4.78, 5) is 23.6. The van der Waals surface area contributed by atoms with Gasteiger partial charge in [0.25, 0.3) is 11.2 Å². The third-order valence-corrected chi connectivity index (χ3v) is 2.50. The summed E-state index contributed by atoms with van der Waals surface area (Å²) in [6.45, 7) is 1.63. The van der Waals surface area contributed by atoms with E-state index in [4.69, 9.17) is 0 Å². The fourth-order valence-electron chi connectivity index (χ4n) is 1.64. The summed E-state index contributed by atoms with van der Waals surface area (Å²) >= 11 is 0. The fourth-order valence-corrected chi connectivity index (χ4v) is 1.64. The van der Waals surface area contributed by atoms with Gasteiger partial charge in [0.15, 0.2) is 5.82 Å². The Morgan fingerprint density at radius 2 is 1.89 bits per heavy atom. The molecule has 0 saturated carbocycles. The van der Waals surface area contributed by atoms with Crippen LogP contribution in [0.2, 0.25) is 0 Å². The highest BCUT2D eigenvalue weighted by atomic mass is 19.1. The molecular weight excluding hydrogens is 239 g/mol. The van der Waals surface area contributed by atoms with E-state index >= 15 is 0 Å². The molecule has 0 radical (unpaired) electrons. The minimum absolute atomic E-state index is 0.0827. The van der Waals surface area contributed by atoms with E-state index in [1.165, 1.54) is 30.3 Å². The van der Waals surface area contributed by atoms with Crippen LogP contribution in [-0.2, 0) is 0 Å². The quantitative estimate of drug-likeness (QED) is 0.654. The van der Waals surface area contributed by atoms with Crippen molar-refractivity contribution in [2.45, 2.75) is 6.92 Å². The Balaban J connectivity index is 2.55. The predicted octanol–water partition coefficient (Wildman–Crippen LogP) is 2.40. The van der Waals surface area contributed by atoms with E-state index < -0.39 is 16.3 Å². The van der Waals surface area contributed by atoms with Crippen LogP contribution in [0.5, 0.6) is 0 Å². The van der Waals surface area contributed by atoms with Crippen LogP contribution in [0.25, 0.3) is 11.1 Å². The molecule has 0 atom stereocenters. The minimum Gasteiger partial charge on any atom is -0.324 e. The number of pyridine rings is 1. The van der Waals surface area contributed by atoms with Crippen molar-refractivity contribution in [3.63, 3.8) is 0 Å². The van der Waals surface area contributed by atoms with Crippen LogP contribution in [0.3, 0.4) is 0 Å². The molecule has 0 spiro atoms. The number of non-ortho nitro benzene ring substituents is 1. The highest BCUT2D eigenvalue weighted by Crippen LogP contribution is 2.23. The largest absolute Gasteiger partial charge is 0.324 e. The molecule has 1 aromatic carbocycles. The number of hydrogen-bond acceptors (Lipinski definition) is 3. The molecule has 1 heterocycles. The van der Waals surface area contributed by atoms with Crippen molar-refractivity contribution in [3.05, 3.63) is 62.3 Å². The Labute approximate surface area is 101 Å². The number of aromatic amines is 1. The zero-order valence-electron chi connectivity index (χ0n) is 9.44. The van der Waals surface area contributed by atoms with E-state index in [1.807, 2.05) is 0 Å². The average Bonchev–Trinajstić information content (AvgIpc) is 2.34. The van der Waals surface area contributed by atoms with E-state index in [0.717, 1.165) is 0 Å². The maximum Gasteiger partial charge on any atom is 0.284 e. The lowest BCUT2D eigenvalue weighted by Crippen LogP contribution is -2.13. The first-order valence-electron chi connectivity index (χ1n) is 5.13. The van der Waals surface area contributed by atoms with Gasteiger partial charge in [0.1, 0.15) is 0 Å². The Morgan fingerprint density at radius 1 is 1.28 bits per heavy atom. The molecule has 1 aromatic heterocycles. The van der Waals surface area contributed by atoms with E-state index in [9.17, 15) is 19.3 Å². The number of benzene rings is 1. The van der Waals surface area contributed by atoms with Crippen molar-refractivity contribution in [2.75, 3.05) is 0 Å². The lowest BCUT2D eigenvalue weighted by molar-refractivity contribution is -0.384. The average molecular weight is 248 g/mol. The number of halogens is 1. The molecule has 5 nitrogen and oxygen atoms in total. The van der Waals surface area contributed by atoms with E-state index in [1.54, 1.807) is 6.92 Å². The molecule has 2 aromatic rings. The number of nitro groups is 1. The fraction of sp³-hybridized carbons (Fsp3) is 0.0833. The topological polar surface area (TPSA) is 76.0 Å². The Morgan fingerprint density at radius 3 is 2.44 bits per heavy atom. The van der Waals surface area contributed by atoms with Crippen molar-refractivity contribution < 1.29 is 9.31 Å². The van der Waals surface area contributed by atoms with Gasteiger partial charge in [-0.2, -0.15) is 0 Å². The molecule has 0 bridgehead atoms. The molecule has 0 saturated heterocycles. The van der Waals surface area contributed by atoms with Gasteiger partial charge in [-0.05, 0) is 30.7 Å². The highest BCUT2D eigenvalue weighted by molar-refractivity contribution is 5.65. The second-order valence-electron chi connectivity index (χ2n) is 3.81. The zero-order valence-corrected chi connectivity index (χ0v) is 9.44. The lowest BCUT2D eigenvalue weighted by atomic mass is 10.1. The summed E-state index contributed by atoms with van der Waals surface area (Å²) in [5.41, 5.74) is 0.192. The maximum absolute atomic E-state index is 13.6. The molecule has 0 amide bonds. The van der Waals surface area contributed by atoms with Crippen LogP contribution < -0.4 is 5.56 Å². The molecule has 0 aliphatic rings. The van der Waals surface area contributed by atoms with Crippen LogP contribution in [-0.4, -0.2) is 9.91 Å². The van der Waals surface area contributed by atoms with Crippen LogP contribution in [0.15, 0.2) is 35.1 Å². The summed E-state index contributed by atoms with van der Waals surface area (Å²) in [6, 6.07) is 6.85. The van der Waals surface area contributed by atoms with Gasteiger partial charge in [-0.1, -0.05) is 0 Å². The number of nitro benzene ring substituents is 1. The Hall–Kier alpha value is -2.50. The summed E-state index contributed by atoms with van der Waals surface area (Å²) < 4.78 is 13.6. The van der Waals surface area contributed by atoms with E-state index in [2.05, 4.69) is 4.98 Å². The standard InChI is InChI=1S/C12H9FN2O3/c1-7-6-10(11(13)12(16)14-7)8-2-4-9(5-3-8)15(17)18/h2-6H,1H3,(H,14,16). The zero-order chi connectivity index (χ0) is 13.3. The number of nitrogens with zero attached hydrogens (tertiary/aromatic N) is 1. The van der Waals surface area contributed by atoms with Crippen LogP contribution in [0.1, 0.15) is 5.69 Å². The monoisotopic (exact) mass is 248 g/mol. The SMILES string of the molecule is Cc1cc(-c2ccc([N+](=O)[O-])cc2)c(F)c(=O)[nH]1. The van der Waals surface area contributed by atoms with Crippen molar-refractivity contribution in [1.29, 1.82) is 0 Å². The number of rotatable bonds is 2. The number of hydrogen-bond donors (Lipinski definition) is 1. The van der Waals surface area contributed by atoms with Gasteiger partial charge in [0, 0.05) is 23.4 Å². The summed E-state index contributed by atoms with van der Waals surface area (Å²) in [6.07, 6.45) is 0. The molecule has 18 heavy (non-hydrogen) atoms. The molecular formula is C12H9FN2O3. The second-order valence-corrected chi connectivity index (χ2v) is 3.81. The number of nitrogens with one attached hydrogen (secondary N) is 1. The lowest BCUT2D eigenvalue weighted by Gasteiger charge is -2.04. The normalized spacial score (nSPS) is 10.3. The van der Waals surface area contributed by atoms with Crippen LogP contribution >= 0.6 is 0 Å². The predicted molar refractivity (Wildman–Crippen MR) is 63.8 cm³/mol. The highest BCUT2D eigenvalue weighted by Gasteiger charge is 2.11. The van der Waals surface area contributed by atoms with E-state index in [-0.39, 0.29) is 11.3 Å². The molecule has 2 rings (SSSR count).